The van der Waals surface area contributed by atoms with Gasteiger partial charge in [0.15, 0.2) is 0 Å². The zero-order valence-corrected chi connectivity index (χ0v) is 15.3. The summed E-state index contributed by atoms with van der Waals surface area (Å²) in [7, 11) is 0. The lowest BCUT2D eigenvalue weighted by Gasteiger charge is -2.41. The zero-order valence-electron chi connectivity index (χ0n) is 14.5. The third-order valence-corrected chi connectivity index (χ3v) is 6.28. The Morgan fingerprint density at radius 1 is 1.30 bits per heavy atom. The molecule has 4 unspecified atom stereocenters. The molecule has 1 heterocycles. The normalized spacial score (nSPS) is 34.7. The fourth-order valence-corrected chi connectivity index (χ4v) is 3.83. The molecule has 1 nitrogen and oxygen atoms in total. The molecule has 0 saturated heterocycles. The first-order chi connectivity index (χ1) is 9.29. The van der Waals surface area contributed by atoms with Crippen molar-refractivity contribution in [3.63, 3.8) is 0 Å². The summed E-state index contributed by atoms with van der Waals surface area (Å²) in [5.74, 6) is 2.88. The molecule has 2 heteroatoms. The van der Waals surface area contributed by atoms with Gasteiger partial charge in [-0.3, -0.25) is 0 Å². The summed E-state index contributed by atoms with van der Waals surface area (Å²) in [6.07, 6.45) is 7.47. The molecule has 0 N–H and O–H groups in total. The Morgan fingerprint density at radius 3 is 2.50 bits per heavy atom. The maximum absolute atomic E-state index is 6.62. The van der Waals surface area contributed by atoms with Gasteiger partial charge < -0.3 is 4.74 Å². The van der Waals surface area contributed by atoms with Crippen molar-refractivity contribution in [2.24, 2.45) is 23.2 Å². The molecular formula is C18H34OS. The van der Waals surface area contributed by atoms with E-state index in [0.29, 0.717) is 29.3 Å². The maximum atomic E-state index is 6.62. The van der Waals surface area contributed by atoms with Crippen LogP contribution in [-0.2, 0) is 4.74 Å². The molecule has 0 amide bonds. The molecule has 0 fully saturated rings. The Balaban J connectivity index is 3.02. The average molecular weight is 299 g/mol. The van der Waals surface area contributed by atoms with Gasteiger partial charge in [0.2, 0.25) is 0 Å². The second-order valence-electron chi connectivity index (χ2n) is 7.27. The molecule has 1 rings (SSSR count). The van der Waals surface area contributed by atoms with Crippen LogP contribution in [-0.4, -0.2) is 17.3 Å². The van der Waals surface area contributed by atoms with E-state index >= 15 is 0 Å². The van der Waals surface area contributed by atoms with Gasteiger partial charge in [0.1, 0.15) is 5.44 Å². The van der Waals surface area contributed by atoms with E-state index in [2.05, 4.69) is 60.6 Å². The quantitative estimate of drug-likeness (QED) is 0.613. The van der Waals surface area contributed by atoms with Gasteiger partial charge >= 0.3 is 0 Å². The Labute approximate surface area is 130 Å². The number of rotatable bonds is 3. The summed E-state index contributed by atoms with van der Waals surface area (Å²) in [5, 5.41) is 0. The highest BCUT2D eigenvalue weighted by molar-refractivity contribution is 7.99. The molecule has 0 aliphatic carbocycles. The van der Waals surface area contributed by atoms with Crippen molar-refractivity contribution in [2.45, 2.75) is 72.8 Å². The second kappa shape index (κ2) is 7.89. The fraction of sp³-hybridized carbons (Fsp3) is 0.889. The summed E-state index contributed by atoms with van der Waals surface area (Å²) in [6.45, 7) is 16.3. The summed E-state index contributed by atoms with van der Waals surface area (Å²) in [4.78, 5) is 0. The monoisotopic (exact) mass is 298 g/mol. The molecule has 0 saturated carbocycles. The van der Waals surface area contributed by atoms with E-state index in [0.717, 1.165) is 12.2 Å². The Bertz CT molecular complexity index is 309. The minimum absolute atomic E-state index is 0.206. The smallest absolute Gasteiger partial charge is 0.105 e. The predicted molar refractivity (Wildman–Crippen MR) is 92.1 cm³/mol. The summed E-state index contributed by atoms with van der Waals surface area (Å²) >= 11 is 1.99. The van der Waals surface area contributed by atoms with Crippen molar-refractivity contribution in [1.82, 2.24) is 0 Å². The number of allylic oxidation sites excluding steroid dienone is 2. The first-order valence-electron chi connectivity index (χ1n) is 8.24. The first kappa shape index (κ1) is 18.1. The summed E-state index contributed by atoms with van der Waals surface area (Å²) in [5.41, 5.74) is 0.538. The van der Waals surface area contributed by atoms with Crippen molar-refractivity contribution in [3.8, 4) is 0 Å². The number of thioether (sulfide) groups is 1. The molecule has 1 aliphatic heterocycles. The predicted octanol–water partition coefficient (Wildman–Crippen LogP) is 5.76. The lowest BCUT2D eigenvalue weighted by molar-refractivity contribution is -0.0672. The lowest BCUT2D eigenvalue weighted by atomic mass is 9.73. The second-order valence-corrected chi connectivity index (χ2v) is 8.48. The molecule has 0 bridgehead atoms. The molecule has 0 aromatic rings. The average Bonchev–Trinajstić information content (AvgIpc) is 2.39. The van der Waals surface area contributed by atoms with Crippen LogP contribution in [0.5, 0.6) is 0 Å². The van der Waals surface area contributed by atoms with Crippen LogP contribution in [0.2, 0.25) is 0 Å². The number of hydrogen-bond acceptors (Lipinski definition) is 2. The third-order valence-electron chi connectivity index (χ3n) is 4.82. The van der Waals surface area contributed by atoms with Gasteiger partial charge in [-0.25, -0.2) is 0 Å². The molecule has 0 spiro atoms. The molecule has 0 aromatic heterocycles. The summed E-state index contributed by atoms with van der Waals surface area (Å²) < 4.78 is 6.62. The Morgan fingerprint density at radius 2 is 1.95 bits per heavy atom. The number of hydrogen-bond donors (Lipinski definition) is 0. The van der Waals surface area contributed by atoms with Gasteiger partial charge in [-0.15, -0.1) is 11.8 Å². The largest absolute Gasteiger partial charge is 0.364 e. The SMILES string of the molecule is CCC(C)C1OC(C(C)C)SCC/C=C\C(C)(C)C1C. The molecule has 1 aliphatic rings. The van der Waals surface area contributed by atoms with Crippen LogP contribution in [0.3, 0.4) is 0 Å². The van der Waals surface area contributed by atoms with Gasteiger partial charge in [-0.2, -0.15) is 0 Å². The molecule has 118 valence electrons. The highest BCUT2D eigenvalue weighted by Crippen LogP contribution is 2.39. The van der Waals surface area contributed by atoms with Gasteiger partial charge in [0.05, 0.1) is 6.10 Å². The minimum atomic E-state index is 0.206. The van der Waals surface area contributed by atoms with Crippen LogP contribution in [0.15, 0.2) is 12.2 Å². The Hall–Kier alpha value is 0.0500. The van der Waals surface area contributed by atoms with Crippen molar-refractivity contribution in [1.29, 1.82) is 0 Å². The van der Waals surface area contributed by atoms with E-state index in [9.17, 15) is 0 Å². The van der Waals surface area contributed by atoms with Crippen LogP contribution in [0, 0.1) is 23.2 Å². The molecule has 20 heavy (non-hydrogen) atoms. The number of ether oxygens (including phenoxy) is 1. The van der Waals surface area contributed by atoms with E-state index < -0.39 is 0 Å². The van der Waals surface area contributed by atoms with E-state index in [1.54, 1.807) is 0 Å². The zero-order chi connectivity index (χ0) is 15.3. The highest BCUT2D eigenvalue weighted by atomic mass is 32.2. The lowest BCUT2D eigenvalue weighted by Crippen LogP contribution is -2.40. The Kier molecular flexibility index (Phi) is 7.14. The van der Waals surface area contributed by atoms with Crippen molar-refractivity contribution >= 4 is 11.8 Å². The molecule has 4 atom stereocenters. The van der Waals surface area contributed by atoms with E-state index in [-0.39, 0.29) is 5.41 Å². The molecular weight excluding hydrogens is 264 g/mol. The standard InChI is InChI=1S/C18H34OS/c1-8-14(4)16-15(5)18(6,7)11-9-10-12-20-17(19-16)13(2)3/h9,11,13-17H,8,10,12H2,1-7H3/b11-9-. The van der Waals surface area contributed by atoms with Crippen LogP contribution in [0.25, 0.3) is 0 Å². The van der Waals surface area contributed by atoms with Crippen molar-refractivity contribution in [3.05, 3.63) is 12.2 Å². The van der Waals surface area contributed by atoms with Crippen molar-refractivity contribution < 1.29 is 4.74 Å². The maximum Gasteiger partial charge on any atom is 0.105 e. The van der Waals surface area contributed by atoms with Gasteiger partial charge in [0, 0.05) is 0 Å². The van der Waals surface area contributed by atoms with E-state index in [4.69, 9.17) is 4.74 Å². The fourth-order valence-electron chi connectivity index (χ4n) is 2.74. The van der Waals surface area contributed by atoms with Gasteiger partial charge in [0.25, 0.3) is 0 Å². The van der Waals surface area contributed by atoms with Crippen molar-refractivity contribution in [2.75, 3.05) is 5.75 Å². The van der Waals surface area contributed by atoms with Crippen LogP contribution in [0.4, 0.5) is 0 Å². The molecule has 0 aromatic carbocycles. The topological polar surface area (TPSA) is 9.23 Å². The molecule has 0 radical (unpaired) electrons. The first-order valence-corrected chi connectivity index (χ1v) is 9.29. The third kappa shape index (κ3) is 4.80. The van der Waals surface area contributed by atoms with Crippen LogP contribution in [0.1, 0.15) is 61.3 Å². The van der Waals surface area contributed by atoms with Gasteiger partial charge in [-0.1, -0.05) is 67.0 Å². The van der Waals surface area contributed by atoms with E-state index in [1.807, 2.05) is 11.8 Å². The van der Waals surface area contributed by atoms with E-state index in [1.165, 1.54) is 6.42 Å². The highest BCUT2D eigenvalue weighted by Gasteiger charge is 2.36. The van der Waals surface area contributed by atoms with Gasteiger partial charge in [-0.05, 0) is 35.3 Å². The van der Waals surface area contributed by atoms with Crippen LogP contribution < -0.4 is 0 Å². The van der Waals surface area contributed by atoms with Crippen LogP contribution >= 0.6 is 11.8 Å². The summed E-state index contributed by atoms with van der Waals surface area (Å²) in [6, 6.07) is 0. The minimum Gasteiger partial charge on any atom is -0.364 e.